The molecule has 2 bridgehead atoms. The largest absolute Gasteiger partial charge is 0.299 e. The molecule has 0 spiro atoms. The van der Waals surface area contributed by atoms with E-state index < -0.39 is 5.41 Å². The lowest BCUT2D eigenvalue weighted by atomic mass is 9.59. The van der Waals surface area contributed by atoms with E-state index in [-0.39, 0.29) is 17.3 Å². The molecule has 0 unspecified atom stereocenters. The molecule has 0 aliphatic heterocycles. The summed E-state index contributed by atoms with van der Waals surface area (Å²) in [6.07, 6.45) is 7.76. The molecule has 0 amide bonds. The molecule has 2 heteroatoms. The van der Waals surface area contributed by atoms with Gasteiger partial charge in [0.15, 0.2) is 0 Å². The number of carbonyl (C=O) groups is 2. The van der Waals surface area contributed by atoms with Gasteiger partial charge >= 0.3 is 0 Å². The van der Waals surface area contributed by atoms with E-state index in [0.29, 0.717) is 23.9 Å². The SMILES string of the molecule is C[C@@H]1C(=O)[C@@]2(C)CCCC(=O)[C@H]2CC=C2CC[C@H]1C2(C)C. The first-order chi connectivity index (χ1) is 9.78. The molecule has 2 saturated carbocycles. The lowest BCUT2D eigenvalue weighted by Gasteiger charge is -2.42. The van der Waals surface area contributed by atoms with Gasteiger partial charge in [-0.3, -0.25) is 9.59 Å². The fraction of sp³-hybridized carbons (Fsp3) is 0.789. The summed E-state index contributed by atoms with van der Waals surface area (Å²) in [5.41, 5.74) is 1.17. The Morgan fingerprint density at radius 3 is 2.57 bits per heavy atom. The zero-order valence-corrected chi connectivity index (χ0v) is 13.9. The summed E-state index contributed by atoms with van der Waals surface area (Å²) in [7, 11) is 0. The van der Waals surface area contributed by atoms with Gasteiger partial charge < -0.3 is 0 Å². The predicted molar refractivity (Wildman–Crippen MR) is 83.8 cm³/mol. The van der Waals surface area contributed by atoms with E-state index in [1.165, 1.54) is 5.57 Å². The molecule has 3 rings (SSSR count). The van der Waals surface area contributed by atoms with Crippen molar-refractivity contribution in [2.24, 2.45) is 28.6 Å². The van der Waals surface area contributed by atoms with Crippen molar-refractivity contribution in [3.63, 3.8) is 0 Å². The smallest absolute Gasteiger partial charge is 0.142 e. The van der Waals surface area contributed by atoms with Crippen LogP contribution in [0.15, 0.2) is 11.6 Å². The van der Waals surface area contributed by atoms with E-state index in [1.807, 2.05) is 0 Å². The molecule has 3 aliphatic rings. The zero-order chi connectivity index (χ0) is 15.4. The van der Waals surface area contributed by atoms with Crippen LogP contribution in [0.4, 0.5) is 0 Å². The second kappa shape index (κ2) is 4.79. The Morgan fingerprint density at radius 2 is 1.86 bits per heavy atom. The van der Waals surface area contributed by atoms with Gasteiger partial charge in [0.05, 0.1) is 0 Å². The average molecular weight is 288 g/mol. The van der Waals surface area contributed by atoms with Gasteiger partial charge in [0.1, 0.15) is 11.6 Å². The van der Waals surface area contributed by atoms with E-state index in [4.69, 9.17) is 0 Å². The van der Waals surface area contributed by atoms with Gasteiger partial charge in [0.25, 0.3) is 0 Å². The Bertz CT molecular complexity index is 514. The predicted octanol–water partition coefficient (Wildman–Crippen LogP) is 4.33. The van der Waals surface area contributed by atoms with Gasteiger partial charge in [0.2, 0.25) is 0 Å². The number of fused-ring (bicyclic) bond motifs is 3. The maximum absolute atomic E-state index is 13.3. The fourth-order valence-corrected chi connectivity index (χ4v) is 5.46. The molecule has 0 N–H and O–H groups in total. The maximum atomic E-state index is 13.3. The summed E-state index contributed by atoms with van der Waals surface area (Å²) in [6, 6.07) is 0. The highest BCUT2D eigenvalue weighted by atomic mass is 16.1. The molecule has 21 heavy (non-hydrogen) atoms. The summed E-state index contributed by atoms with van der Waals surface area (Å²) in [6.45, 7) is 8.77. The number of rotatable bonds is 0. The molecule has 0 radical (unpaired) electrons. The summed E-state index contributed by atoms with van der Waals surface area (Å²) >= 11 is 0. The van der Waals surface area contributed by atoms with E-state index in [9.17, 15) is 9.59 Å². The van der Waals surface area contributed by atoms with Crippen molar-refractivity contribution in [1.82, 2.24) is 0 Å². The lowest BCUT2D eigenvalue weighted by molar-refractivity contribution is -0.146. The van der Waals surface area contributed by atoms with Crippen LogP contribution in [-0.4, -0.2) is 11.6 Å². The first kappa shape index (κ1) is 15.0. The highest BCUT2D eigenvalue weighted by molar-refractivity contribution is 5.95. The van der Waals surface area contributed by atoms with Crippen molar-refractivity contribution in [2.75, 3.05) is 0 Å². The molecule has 0 aromatic rings. The lowest BCUT2D eigenvalue weighted by Crippen LogP contribution is -2.47. The summed E-state index contributed by atoms with van der Waals surface area (Å²) in [5, 5.41) is 0. The Balaban J connectivity index is 2.09. The van der Waals surface area contributed by atoms with E-state index in [2.05, 4.69) is 33.8 Å². The number of ketones is 2. The fourth-order valence-electron chi connectivity index (χ4n) is 5.46. The van der Waals surface area contributed by atoms with Crippen molar-refractivity contribution >= 4 is 11.6 Å². The van der Waals surface area contributed by atoms with Gasteiger partial charge in [-0.1, -0.05) is 39.3 Å². The minimum atomic E-state index is -0.424. The van der Waals surface area contributed by atoms with Crippen molar-refractivity contribution in [1.29, 1.82) is 0 Å². The topological polar surface area (TPSA) is 34.1 Å². The molecule has 0 aromatic heterocycles. The van der Waals surface area contributed by atoms with Gasteiger partial charge in [-0.25, -0.2) is 0 Å². The van der Waals surface area contributed by atoms with Crippen LogP contribution in [-0.2, 0) is 9.59 Å². The third kappa shape index (κ3) is 2.05. The van der Waals surface area contributed by atoms with Gasteiger partial charge in [-0.15, -0.1) is 0 Å². The minimum Gasteiger partial charge on any atom is -0.299 e. The third-order valence-corrected chi connectivity index (χ3v) is 6.94. The molecule has 116 valence electrons. The summed E-state index contributed by atoms with van der Waals surface area (Å²) in [5.74, 6) is 1.10. The molecule has 2 fully saturated rings. The first-order valence-corrected chi connectivity index (χ1v) is 8.55. The highest BCUT2D eigenvalue weighted by Crippen LogP contribution is 2.55. The standard InChI is InChI=1S/C19H28O2/c1-12-14-9-7-13(18(14,2)3)8-10-15-16(20)6-5-11-19(15,4)17(12)21/h8,12,14-15H,5-7,9-11H2,1-4H3/t12-,14+,15+,19-/m0/s1. The van der Waals surface area contributed by atoms with Crippen LogP contribution < -0.4 is 0 Å². The third-order valence-electron chi connectivity index (χ3n) is 6.94. The second-order valence-electron chi connectivity index (χ2n) is 8.27. The molecule has 3 aliphatic carbocycles. The molecule has 0 heterocycles. The zero-order valence-electron chi connectivity index (χ0n) is 13.9. The van der Waals surface area contributed by atoms with Crippen molar-refractivity contribution in [2.45, 2.75) is 66.2 Å². The maximum Gasteiger partial charge on any atom is 0.142 e. The van der Waals surface area contributed by atoms with E-state index in [1.54, 1.807) is 0 Å². The summed E-state index contributed by atoms with van der Waals surface area (Å²) < 4.78 is 0. The molecule has 0 saturated heterocycles. The molecule has 4 atom stereocenters. The van der Waals surface area contributed by atoms with Crippen LogP contribution in [0.1, 0.15) is 66.2 Å². The van der Waals surface area contributed by atoms with Crippen LogP contribution in [0.25, 0.3) is 0 Å². The normalized spacial score (nSPS) is 42.7. The van der Waals surface area contributed by atoms with Crippen molar-refractivity contribution < 1.29 is 9.59 Å². The van der Waals surface area contributed by atoms with Crippen LogP contribution in [0.5, 0.6) is 0 Å². The quantitative estimate of drug-likeness (QED) is 0.622. The van der Waals surface area contributed by atoms with E-state index >= 15 is 0 Å². The Kier molecular flexibility index (Phi) is 3.42. The Labute approximate surface area is 128 Å². The van der Waals surface area contributed by atoms with Gasteiger partial charge in [-0.05, 0) is 43.4 Å². The molecule has 0 aromatic carbocycles. The van der Waals surface area contributed by atoms with Gasteiger partial charge in [0, 0.05) is 23.7 Å². The second-order valence-corrected chi connectivity index (χ2v) is 8.27. The summed E-state index contributed by atoms with van der Waals surface area (Å²) in [4.78, 5) is 25.7. The first-order valence-electron chi connectivity index (χ1n) is 8.55. The Morgan fingerprint density at radius 1 is 1.14 bits per heavy atom. The van der Waals surface area contributed by atoms with Crippen LogP contribution in [0.3, 0.4) is 0 Å². The van der Waals surface area contributed by atoms with E-state index in [0.717, 1.165) is 32.1 Å². The monoisotopic (exact) mass is 288 g/mol. The molecular weight excluding hydrogens is 260 g/mol. The van der Waals surface area contributed by atoms with Crippen LogP contribution in [0.2, 0.25) is 0 Å². The molecular formula is C19H28O2. The number of hydrogen-bond donors (Lipinski definition) is 0. The van der Waals surface area contributed by atoms with Crippen LogP contribution >= 0.6 is 0 Å². The van der Waals surface area contributed by atoms with Crippen LogP contribution in [0, 0.1) is 28.6 Å². The number of carbonyl (C=O) groups excluding carboxylic acids is 2. The highest BCUT2D eigenvalue weighted by Gasteiger charge is 2.53. The minimum absolute atomic E-state index is 0.0717. The Hall–Kier alpha value is -0.920. The van der Waals surface area contributed by atoms with Gasteiger partial charge in [-0.2, -0.15) is 0 Å². The van der Waals surface area contributed by atoms with Crippen molar-refractivity contribution in [3.05, 3.63) is 11.6 Å². The molecule has 2 nitrogen and oxygen atoms in total. The number of allylic oxidation sites excluding steroid dienone is 2. The van der Waals surface area contributed by atoms with Crippen molar-refractivity contribution in [3.8, 4) is 0 Å². The number of Topliss-reactive ketones (excluding diaryl/α,β-unsaturated/α-hetero) is 2. The number of hydrogen-bond acceptors (Lipinski definition) is 2. The average Bonchev–Trinajstić information content (AvgIpc) is 2.71.